The molecule has 0 aliphatic rings. The summed E-state index contributed by atoms with van der Waals surface area (Å²) in [7, 11) is 0. The molecule has 4 heteroatoms. The third-order valence-electron chi connectivity index (χ3n) is 3.13. The van der Waals surface area contributed by atoms with Gasteiger partial charge in [-0.25, -0.2) is 9.37 Å². The van der Waals surface area contributed by atoms with Crippen LogP contribution >= 0.6 is 0 Å². The highest BCUT2D eigenvalue weighted by Gasteiger charge is 2.12. The van der Waals surface area contributed by atoms with Crippen LogP contribution in [-0.2, 0) is 6.42 Å². The van der Waals surface area contributed by atoms with Crippen molar-refractivity contribution in [3.8, 4) is 11.3 Å². The zero-order chi connectivity index (χ0) is 14.0. The van der Waals surface area contributed by atoms with Gasteiger partial charge in [-0.05, 0) is 44.0 Å². The van der Waals surface area contributed by atoms with E-state index in [9.17, 15) is 9.18 Å². The molecule has 3 nitrogen and oxygen atoms in total. The van der Waals surface area contributed by atoms with Gasteiger partial charge in [0.15, 0.2) is 0 Å². The van der Waals surface area contributed by atoms with E-state index in [1.807, 2.05) is 13.8 Å². The molecule has 2 rings (SSSR count). The molecule has 1 N–H and O–H groups in total. The van der Waals surface area contributed by atoms with E-state index in [0.717, 1.165) is 24.0 Å². The molecule has 0 saturated carbocycles. The van der Waals surface area contributed by atoms with Crippen molar-refractivity contribution in [2.24, 2.45) is 0 Å². The first-order valence-electron chi connectivity index (χ1n) is 6.39. The van der Waals surface area contributed by atoms with Crippen molar-refractivity contribution in [1.29, 1.82) is 0 Å². The average Bonchev–Trinajstić information content (AvgIpc) is 2.34. The minimum absolute atomic E-state index is 0.128. The molecule has 0 radical (unpaired) electrons. The summed E-state index contributed by atoms with van der Waals surface area (Å²) < 4.78 is 13.2. The van der Waals surface area contributed by atoms with Crippen molar-refractivity contribution in [2.75, 3.05) is 0 Å². The van der Waals surface area contributed by atoms with Crippen LogP contribution in [-0.4, -0.2) is 9.97 Å². The van der Waals surface area contributed by atoms with Crippen molar-refractivity contribution in [1.82, 2.24) is 9.97 Å². The van der Waals surface area contributed by atoms with Crippen LogP contribution in [0, 0.1) is 19.7 Å². The second-order valence-electron chi connectivity index (χ2n) is 4.70. The standard InChI is InChI=1S/C15H17FN2O/c1-4-5-13-17-14(10(3)15(19)18-13)12-7-6-11(16)8-9(12)2/h6-8H,4-5H2,1-3H3,(H,17,18,19). The van der Waals surface area contributed by atoms with Gasteiger partial charge in [0.2, 0.25) is 0 Å². The van der Waals surface area contributed by atoms with Crippen LogP contribution < -0.4 is 5.56 Å². The van der Waals surface area contributed by atoms with Crippen LogP contribution in [0.2, 0.25) is 0 Å². The fourth-order valence-corrected chi connectivity index (χ4v) is 2.09. The molecule has 1 heterocycles. The molecule has 0 atom stereocenters. The summed E-state index contributed by atoms with van der Waals surface area (Å²) in [6.45, 7) is 5.59. The Hall–Kier alpha value is -1.97. The average molecular weight is 260 g/mol. The SMILES string of the molecule is CCCc1nc(-c2ccc(F)cc2C)c(C)c(=O)[nH]1. The number of aromatic nitrogens is 2. The molecule has 0 spiro atoms. The lowest BCUT2D eigenvalue weighted by Gasteiger charge is -2.10. The number of H-pyrrole nitrogens is 1. The molecule has 0 bridgehead atoms. The van der Waals surface area contributed by atoms with Crippen LogP contribution in [0.3, 0.4) is 0 Å². The molecule has 1 aromatic heterocycles. The van der Waals surface area contributed by atoms with E-state index in [1.165, 1.54) is 12.1 Å². The molecule has 0 aliphatic carbocycles. The predicted molar refractivity (Wildman–Crippen MR) is 73.7 cm³/mol. The molecular weight excluding hydrogens is 243 g/mol. The molecule has 0 amide bonds. The lowest BCUT2D eigenvalue weighted by Crippen LogP contribution is -2.16. The number of rotatable bonds is 3. The lowest BCUT2D eigenvalue weighted by molar-refractivity contribution is 0.627. The monoisotopic (exact) mass is 260 g/mol. The molecule has 1 aromatic carbocycles. The van der Waals surface area contributed by atoms with Crippen molar-refractivity contribution in [3.05, 3.63) is 51.3 Å². The molecule has 100 valence electrons. The molecule has 0 unspecified atom stereocenters. The van der Waals surface area contributed by atoms with Gasteiger partial charge in [-0.15, -0.1) is 0 Å². The molecular formula is C15H17FN2O. The maximum absolute atomic E-state index is 13.2. The smallest absolute Gasteiger partial charge is 0.254 e. The molecule has 0 fully saturated rings. The van der Waals surface area contributed by atoms with Crippen molar-refractivity contribution in [3.63, 3.8) is 0 Å². The van der Waals surface area contributed by atoms with Crippen LogP contribution in [0.1, 0.15) is 30.3 Å². The Morgan fingerprint density at radius 3 is 2.68 bits per heavy atom. The minimum Gasteiger partial charge on any atom is -0.310 e. The molecule has 2 aromatic rings. The zero-order valence-electron chi connectivity index (χ0n) is 11.4. The number of nitrogens with one attached hydrogen (secondary N) is 1. The quantitative estimate of drug-likeness (QED) is 0.921. The third-order valence-corrected chi connectivity index (χ3v) is 3.13. The summed E-state index contributed by atoms with van der Waals surface area (Å²) in [5.74, 6) is 0.398. The van der Waals surface area contributed by atoms with E-state index >= 15 is 0 Å². The lowest BCUT2D eigenvalue weighted by atomic mass is 10.0. The number of hydrogen-bond donors (Lipinski definition) is 1. The highest BCUT2D eigenvalue weighted by Crippen LogP contribution is 2.23. The highest BCUT2D eigenvalue weighted by atomic mass is 19.1. The summed E-state index contributed by atoms with van der Waals surface area (Å²) >= 11 is 0. The predicted octanol–water partition coefficient (Wildman–Crippen LogP) is 3.15. The second-order valence-corrected chi connectivity index (χ2v) is 4.70. The molecule has 19 heavy (non-hydrogen) atoms. The van der Waals surface area contributed by atoms with Crippen LogP contribution in [0.25, 0.3) is 11.3 Å². The van der Waals surface area contributed by atoms with Gasteiger partial charge in [-0.2, -0.15) is 0 Å². The van der Waals surface area contributed by atoms with E-state index < -0.39 is 0 Å². The summed E-state index contributed by atoms with van der Waals surface area (Å²) in [6.07, 6.45) is 1.64. The van der Waals surface area contributed by atoms with E-state index in [4.69, 9.17) is 0 Å². The first-order chi connectivity index (χ1) is 9.02. The fourth-order valence-electron chi connectivity index (χ4n) is 2.09. The van der Waals surface area contributed by atoms with E-state index in [2.05, 4.69) is 9.97 Å². The zero-order valence-corrected chi connectivity index (χ0v) is 11.4. The van der Waals surface area contributed by atoms with Crippen LogP contribution in [0.4, 0.5) is 4.39 Å². The first-order valence-corrected chi connectivity index (χ1v) is 6.39. The Labute approximate surface area is 111 Å². The van der Waals surface area contributed by atoms with Crippen molar-refractivity contribution in [2.45, 2.75) is 33.6 Å². The normalized spacial score (nSPS) is 10.7. The first kappa shape index (κ1) is 13.5. The molecule has 0 saturated heterocycles. The van der Waals surface area contributed by atoms with Gasteiger partial charge in [-0.3, -0.25) is 4.79 Å². The Morgan fingerprint density at radius 2 is 2.05 bits per heavy atom. The van der Waals surface area contributed by atoms with Gasteiger partial charge in [-0.1, -0.05) is 6.92 Å². The van der Waals surface area contributed by atoms with Gasteiger partial charge in [0.05, 0.1) is 5.69 Å². The van der Waals surface area contributed by atoms with Gasteiger partial charge >= 0.3 is 0 Å². The number of aryl methyl sites for hydroxylation is 2. The maximum Gasteiger partial charge on any atom is 0.254 e. The summed E-state index contributed by atoms with van der Waals surface area (Å²) in [5, 5.41) is 0. The number of hydrogen-bond acceptors (Lipinski definition) is 2. The van der Waals surface area contributed by atoms with Gasteiger partial charge in [0, 0.05) is 17.5 Å². The number of benzene rings is 1. The van der Waals surface area contributed by atoms with E-state index in [-0.39, 0.29) is 11.4 Å². The minimum atomic E-state index is -0.280. The Balaban J connectivity index is 2.63. The number of nitrogens with zero attached hydrogens (tertiary/aromatic N) is 1. The van der Waals surface area contributed by atoms with Gasteiger partial charge in [0.1, 0.15) is 11.6 Å². The van der Waals surface area contributed by atoms with Crippen LogP contribution in [0.15, 0.2) is 23.0 Å². The number of aromatic amines is 1. The summed E-state index contributed by atoms with van der Waals surface area (Å²) in [6, 6.07) is 4.52. The third kappa shape index (κ3) is 2.72. The van der Waals surface area contributed by atoms with Crippen LogP contribution in [0.5, 0.6) is 0 Å². The van der Waals surface area contributed by atoms with E-state index in [1.54, 1.807) is 13.0 Å². The maximum atomic E-state index is 13.2. The number of halogens is 1. The van der Waals surface area contributed by atoms with Crippen molar-refractivity contribution < 1.29 is 4.39 Å². The van der Waals surface area contributed by atoms with E-state index in [0.29, 0.717) is 17.1 Å². The van der Waals surface area contributed by atoms with Gasteiger partial charge < -0.3 is 4.98 Å². The largest absolute Gasteiger partial charge is 0.310 e. The highest BCUT2D eigenvalue weighted by molar-refractivity contribution is 5.66. The summed E-state index contributed by atoms with van der Waals surface area (Å²) in [5.41, 5.74) is 2.67. The van der Waals surface area contributed by atoms with Gasteiger partial charge in [0.25, 0.3) is 5.56 Å². The summed E-state index contributed by atoms with van der Waals surface area (Å²) in [4.78, 5) is 19.2. The Bertz CT molecular complexity index is 662. The Kier molecular flexibility index (Phi) is 3.79. The molecule has 0 aliphatic heterocycles. The van der Waals surface area contributed by atoms with Crippen molar-refractivity contribution >= 4 is 0 Å². The fraction of sp³-hybridized carbons (Fsp3) is 0.333. The topological polar surface area (TPSA) is 45.8 Å². The Morgan fingerprint density at radius 1 is 1.32 bits per heavy atom. The second kappa shape index (κ2) is 5.34.